The Kier molecular flexibility index (Phi) is 3.45. The van der Waals surface area contributed by atoms with Crippen LogP contribution in [0.5, 0.6) is 0 Å². The third-order valence-electron chi connectivity index (χ3n) is 8.36. The van der Waals surface area contributed by atoms with Gasteiger partial charge in [-0.15, -0.1) is 0 Å². The largest absolute Gasteiger partial charge is 0.362 e. The Balaban J connectivity index is 1.51. The van der Waals surface area contributed by atoms with Crippen molar-refractivity contribution in [1.82, 2.24) is 0 Å². The number of carbonyl (C=O) groups excluding carboxylic acids is 2. The molecule has 4 aliphatic carbocycles. The number of ether oxygens (including phenoxy) is 1. The first-order valence-electron chi connectivity index (χ1n) is 10.2. The number of hydrogen-bond donors (Lipinski definition) is 0. The third kappa shape index (κ3) is 1.91. The van der Waals surface area contributed by atoms with E-state index < -0.39 is 5.60 Å². The molecular formula is C22H28O3. The van der Waals surface area contributed by atoms with Gasteiger partial charge in [0.05, 0.1) is 6.61 Å². The van der Waals surface area contributed by atoms with Gasteiger partial charge in [0, 0.05) is 18.3 Å². The van der Waals surface area contributed by atoms with Gasteiger partial charge in [-0.3, -0.25) is 9.59 Å². The van der Waals surface area contributed by atoms with Crippen LogP contribution in [-0.2, 0) is 14.3 Å². The van der Waals surface area contributed by atoms with Crippen LogP contribution in [0.25, 0.3) is 0 Å². The molecule has 134 valence electrons. The van der Waals surface area contributed by atoms with Crippen LogP contribution in [0.15, 0.2) is 23.8 Å². The lowest BCUT2D eigenvalue weighted by Crippen LogP contribution is -2.57. The van der Waals surface area contributed by atoms with Crippen molar-refractivity contribution in [2.45, 2.75) is 63.9 Å². The summed E-state index contributed by atoms with van der Waals surface area (Å²) in [5, 5.41) is 0. The minimum atomic E-state index is -0.629. The lowest BCUT2D eigenvalue weighted by Gasteiger charge is -2.56. The number of carbonyl (C=O) groups is 2. The van der Waals surface area contributed by atoms with Gasteiger partial charge < -0.3 is 4.74 Å². The van der Waals surface area contributed by atoms with Crippen molar-refractivity contribution in [3.05, 3.63) is 23.8 Å². The van der Waals surface area contributed by atoms with Gasteiger partial charge in [-0.1, -0.05) is 18.6 Å². The van der Waals surface area contributed by atoms with Gasteiger partial charge in [-0.2, -0.15) is 0 Å². The van der Waals surface area contributed by atoms with Crippen LogP contribution >= 0.6 is 0 Å². The molecule has 6 atom stereocenters. The first kappa shape index (κ1) is 16.0. The van der Waals surface area contributed by atoms with Crippen LogP contribution in [0, 0.1) is 29.1 Å². The average molecular weight is 340 g/mol. The zero-order chi connectivity index (χ0) is 17.2. The van der Waals surface area contributed by atoms with Gasteiger partial charge in [0.15, 0.2) is 17.2 Å². The zero-order valence-corrected chi connectivity index (χ0v) is 15.1. The molecule has 1 heterocycles. The summed E-state index contributed by atoms with van der Waals surface area (Å²) in [6.45, 7) is 2.84. The topological polar surface area (TPSA) is 43.4 Å². The van der Waals surface area contributed by atoms with Crippen LogP contribution in [0.4, 0.5) is 0 Å². The number of allylic oxidation sites excluding steroid dienone is 3. The predicted octanol–water partition coefficient (Wildman–Crippen LogP) is 4.02. The molecule has 2 saturated carbocycles. The average Bonchev–Trinajstić information content (AvgIpc) is 3.17. The van der Waals surface area contributed by atoms with E-state index in [-0.39, 0.29) is 5.41 Å². The lowest BCUT2D eigenvalue weighted by atomic mass is 9.48. The minimum Gasteiger partial charge on any atom is -0.362 e. The fraction of sp³-hybridized carbons (Fsp3) is 0.727. The van der Waals surface area contributed by atoms with Crippen molar-refractivity contribution in [3.8, 4) is 0 Å². The Labute approximate surface area is 149 Å². The molecule has 0 aromatic rings. The number of hydrogen-bond acceptors (Lipinski definition) is 3. The highest BCUT2D eigenvalue weighted by Crippen LogP contribution is 2.65. The van der Waals surface area contributed by atoms with Gasteiger partial charge in [0.2, 0.25) is 0 Å². The molecule has 1 spiro atoms. The summed E-state index contributed by atoms with van der Waals surface area (Å²) in [5.41, 5.74) is 0.773. The second-order valence-corrected chi connectivity index (χ2v) is 8.89. The quantitative estimate of drug-likeness (QED) is 0.677. The fourth-order valence-corrected chi connectivity index (χ4v) is 7.30. The Hall–Kier alpha value is -1.22. The van der Waals surface area contributed by atoms with Gasteiger partial charge in [-0.25, -0.2) is 0 Å². The molecule has 3 nitrogen and oxygen atoms in total. The molecule has 5 aliphatic rings. The molecule has 0 radical (unpaired) electrons. The normalized spacial score (nSPS) is 48.3. The van der Waals surface area contributed by atoms with Gasteiger partial charge in [-0.05, 0) is 74.3 Å². The Morgan fingerprint density at radius 2 is 2.00 bits per heavy atom. The fourth-order valence-electron chi connectivity index (χ4n) is 7.30. The van der Waals surface area contributed by atoms with E-state index in [1.165, 1.54) is 18.4 Å². The molecule has 0 N–H and O–H groups in total. The highest BCUT2D eigenvalue weighted by atomic mass is 16.5. The van der Waals surface area contributed by atoms with Crippen molar-refractivity contribution in [2.75, 3.05) is 6.61 Å². The first-order chi connectivity index (χ1) is 12.1. The summed E-state index contributed by atoms with van der Waals surface area (Å²) in [6, 6.07) is 0. The zero-order valence-electron chi connectivity index (χ0n) is 15.1. The van der Waals surface area contributed by atoms with E-state index in [9.17, 15) is 9.59 Å². The highest BCUT2D eigenvalue weighted by molar-refractivity contribution is 5.93. The Bertz CT molecular complexity index is 689. The SMILES string of the molecule is CC[C@]12CC[C@H]3[C@@H](CCC4=CC(=O)CC[C@@H]43)[C@@H]1C=C[C@@]21OCCC1=O. The van der Waals surface area contributed by atoms with Crippen LogP contribution in [0.1, 0.15) is 58.3 Å². The summed E-state index contributed by atoms with van der Waals surface area (Å²) in [5.74, 6) is 3.05. The maximum Gasteiger partial charge on any atom is 0.171 e. The molecule has 25 heavy (non-hydrogen) atoms. The molecule has 0 bridgehead atoms. The van der Waals surface area contributed by atoms with Crippen molar-refractivity contribution < 1.29 is 14.3 Å². The monoisotopic (exact) mass is 340 g/mol. The van der Waals surface area contributed by atoms with Crippen LogP contribution < -0.4 is 0 Å². The summed E-state index contributed by atoms with van der Waals surface area (Å²) in [6.07, 6.45) is 14.3. The standard InChI is InChI=1S/C22H28O3/c1-2-21-10-7-17-16-6-4-15(23)13-14(16)3-5-18(17)19(21)8-11-22(21)20(24)9-12-25-22/h8,11,13,16-19H,2-7,9-10,12H2,1H3/t16-,17+,18+,19-,21-,22-/m0/s1. The number of ketones is 2. The van der Waals surface area contributed by atoms with Crippen LogP contribution in [0.3, 0.4) is 0 Å². The Morgan fingerprint density at radius 1 is 1.12 bits per heavy atom. The molecule has 3 heteroatoms. The van der Waals surface area contributed by atoms with Gasteiger partial charge in [0.25, 0.3) is 0 Å². The maximum absolute atomic E-state index is 12.8. The van der Waals surface area contributed by atoms with Gasteiger partial charge in [0.1, 0.15) is 0 Å². The van der Waals surface area contributed by atoms with E-state index in [2.05, 4.69) is 19.1 Å². The van der Waals surface area contributed by atoms with Crippen molar-refractivity contribution >= 4 is 11.6 Å². The van der Waals surface area contributed by atoms with E-state index in [0.717, 1.165) is 32.1 Å². The highest BCUT2D eigenvalue weighted by Gasteiger charge is 2.66. The summed E-state index contributed by atoms with van der Waals surface area (Å²) >= 11 is 0. The minimum absolute atomic E-state index is 0.0204. The van der Waals surface area contributed by atoms with Crippen LogP contribution in [-0.4, -0.2) is 23.8 Å². The predicted molar refractivity (Wildman–Crippen MR) is 94.9 cm³/mol. The Morgan fingerprint density at radius 3 is 2.76 bits per heavy atom. The molecule has 0 unspecified atom stereocenters. The van der Waals surface area contributed by atoms with E-state index in [1.807, 2.05) is 6.08 Å². The lowest BCUT2D eigenvalue weighted by molar-refractivity contribution is -0.154. The van der Waals surface area contributed by atoms with E-state index in [4.69, 9.17) is 4.74 Å². The molecule has 1 aliphatic heterocycles. The second kappa shape index (κ2) is 5.39. The summed E-state index contributed by atoms with van der Waals surface area (Å²) in [4.78, 5) is 24.6. The molecule has 5 rings (SSSR count). The number of rotatable bonds is 1. The molecule has 0 amide bonds. The van der Waals surface area contributed by atoms with E-state index >= 15 is 0 Å². The number of fused-ring (bicyclic) bond motifs is 6. The van der Waals surface area contributed by atoms with Crippen LogP contribution in [0.2, 0.25) is 0 Å². The smallest absolute Gasteiger partial charge is 0.171 e. The molecule has 0 aromatic heterocycles. The summed E-state index contributed by atoms with van der Waals surface area (Å²) < 4.78 is 6.19. The van der Waals surface area contributed by atoms with Crippen molar-refractivity contribution in [1.29, 1.82) is 0 Å². The van der Waals surface area contributed by atoms with Gasteiger partial charge >= 0.3 is 0 Å². The second-order valence-electron chi connectivity index (χ2n) is 8.89. The van der Waals surface area contributed by atoms with Crippen molar-refractivity contribution in [2.24, 2.45) is 29.1 Å². The van der Waals surface area contributed by atoms with Crippen molar-refractivity contribution in [3.63, 3.8) is 0 Å². The summed E-state index contributed by atoms with van der Waals surface area (Å²) in [7, 11) is 0. The molecular weight excluding hydrogens is 312 g/mol. The molecule has 3 fully saturated rings. The third-order valence-corrected chi connectivity index (χ3v) is 8.36. The maximum atomic E-state index is 12.8. The van der Waals surface area contributed by atoms with E-state index in [1.54, 1.807) is 0 Å². The van der Waals surface area contributed by atoms with E-state index in [0.29, 0.717) is 48.3 Å². The molecule has 1 saturated heterocycles. The molecule has 0 aromatic carbocycles. The first-order valence-corrected chi connectivity index (χ1v) is 10.2. The number of Topliss-reactive ketones (excluding diaryl/α,β-unsaturated/α-hetero) is 1.